The van der Waals surface area contributed by atoms with E-state index in [1.165, 1.54) is 5.57 Å². The van der Waals surface area contributed by atoms with Crippen LogP contribution < -0.4 is 0 Å². The van der Waals surface area contributed by atoms with Crippen LogP contribution in [-0.4, -0.2) is 22.6 Å². The number of Topliss-reactive ketones (excluding diaryl/α,β-unsaturated/α-hetero) is 2. The van der Waals surface area contributed by atoms with Crippen LogP contribution in [-0.2, 0) is 14.4 Å². The topological polar surface area (TPSA) is 71.4 Å². The molecule has 0 spiro atoms. The van der Waals surface area contributed by atoms with Crippen LogP contribution in [0, 0.1) is 34.5 Å². The van der Waals surface area contributed by atoms with Gasteiger partial charge in [0.25, 0.3) is 0 Å². The normalized spacial score (nSPS) is 41.3. The number of hydrogen-bond donors (Lipinski definition) is 1. The summed E-state index contributed by atoms with van der Waals surface area (Å²) in [5, 5.41) is 9.07. The van der Waals surface area contributed by atoms with Gasteiger partial charge >= 0.3 is 5.97 Å². The fourth-order valence-corrected chi connectivity index (χ4v) is 7.48. The largest absolute Gasteiger partial charge is 0.481 e. The van der Waals surface area contributed by atoms with Crippen LogP contribution in [0.5, 0.6) is 0 Å². The maximum Gasteiger partial charge on any atom is 0.303 e. The summed E-state index contributed by atoms with van der Waals surface area (Å²) in [6.07, 6.45) is 7.90. The van der Waals surface area contributed by atoms with Gasteiger partial charge < -0.3 is 5.11 Å². The fourth-order valence-electron chi connectivity index (χ4n) is 7.48. The van der Waals surface area contributed by atoms with Gasteiger partial charge in [0, 0.05) is 25.7 Å². The zero-order chi connectivity index (χ0) is 20.3. The molecule has 0 aliphatic heterocycles. The summed E-state index contributed by atoms with van der Waals surface area (Å²) in [7, 11) is 0. The van der Waals surface area contributed by atoms with Crippen molar-refractivity contribution in [3.05, 3.63) is 11.1 Å². The highest BCUT2D eigenvalue weighted by atomic mass is 16.4. The van der Waals surface area contributed by atoms with Crippen molar-refractivity contribution in [3.8, 4) is 0 Å². The number of carbonyl (C=O) groups is 3. The summed E-state index contributed by atoms with van der Waals surface area (Å²) in [5.74, 6) is 1.30. The molecule has 28 heavy (non-hydrogen) atoms. The standard InChI is InChI=1S/C24H34O4/c1-14(4-9-22(27)28)18-7-8-19-17-6-5-15-12-16(25)10-11-23(15,2)20(17)13-21(26)24(18,19)3/h14-15,18,20H,4-13H2,1-3H3,(H,27,28)/t14-,15-,18-,20+,23+,24-/m1/s1. The van der Waals surface area contributed by atoms with E-state index in [1.54, 1.807) is 5.57 Å². The van der Waals surface area contributed by atoms with E-state index in [0.717, 1.165) is 32.1 Å². The average molecular weight is 387 g/mol. The Morgan fingerprint density at radius 3 is 2.61 bits per heavy atom. The van der Waals surface area contributed by atoms with Gasteiger partial charge in [-0.05, 0) is 74.5 Å². The molecule has 3 saturated carbocycles. The Labute approximate surface area is 168 Å². The number of carboxylic acids is 1. The van der Waals surface area contributed by atoms with Gasteiger partial charge in [-0.2, -0.15) is 0 Å². The molecule has 4 aliphatic rings. The molecule has 4 rings (SSSR count). The van der Waals surface area contributed by atoms with Crippen molar-refractivity contribution in [2.45, 2.75) is 85.0 Å². The van der Waals surface area contributed by atoms with E-state index in [1.807, 2.05) is 0 Å². The molecule has 0 aromatic rings. The Hall–Kier alpha value is -1.45. The Morgan fingerprint density at radius 2 is 1.89 bits per heavy atom. The lowest BCUT2D eigenvalue weighted by Crippen LogP contribution is -2.50. The van der Waals surface area contributed by atoms with Gasteiger partial charge in [-0.3, -0.25) is 14.4 Å². The molecule has 1 N–H and O–H groups in total. The van der Waals surface area contributed by atoms with Crippen molar-refractivity contribution in [3.63, 3.8) is 0 Å². The van der Waals surface area contributed by atoms with Crippen LogP contribution in [0.2, 0.25) is 0 Å². The fraction of sp³-hybridized carbons (Fsp3) is 0.792. The Kier molecular flexibility index (Phi) is 4.83. The van der Waals surface area contributed by atoms with Crippen LogP contribution in [0.3, 0.4) is 0 Å². The number of carboxylic acid groups (broad SMARTS) is 1. The first kappa shape index (κ1) is 19.8. The lowest BCUT2D eigenvalue weighted by molar-refractivity contribution is -0.137. The lowest BCUT2D eigenvalue weighted by atomic mass is 9.48. The molecular formula is C24H34O4. The molecule has 4 aliphatic carbocycles. The van der Waals surface area contributed by atoms with Gasteiger partial charge in [-0.1, -0.05) is 25.0 Å². The molecule has 3 fully saturated rings. The number of fused-ring (bicyclic) bond motifs is 4. The van der Waals surface area contributed by atoms with Crippen molar-refractivity contribution >= 4 is 17.5 Å². The van der Waals surface area contributed by atoms with E-state index in [4.69, 9.17) is 5.11 Å². The van der Waals surface area contributed by atoms with Crippen molar-refractivity contribution in [2.75, 3.05) is 0 Å². The molecule has 0 heterocycles. The highest BCUT2D eigenvalue weighted by Crippen LogP contribution is 2.64. The summed E-state index contributed by atoms with van der Waals surface area (Å²) in [4.78, 5) is 36.6. The molecule has 0 radical (unpaired) electrons. The van der Waals surface area contributed by atoms with E-state index in [0.29, 0.717) is 49.1 Å². The van der Waals surface area contributed by atoms with E-state index in [2.05, 4.69) is 20.8 Å². The third-order valence-corrected chi connectivity index (χ3v) is 9.26. The molecular weight excluding hydrogens is 352 g/mol. The van der Waals surface area contributed by atoms with Crippen molar-refractivity contribution in [1.29, 1.82) is 0 Å². The predicted molar refractivity (Wildman–Crippen MR) is 107 cm³/mol. The molecule has 0 unspecified atom stereocenters. The molecule has 4 heteroatoms. The first-order chi connectivity index (χ1) is 13.2. The summed E-state index contributed by atoms with van der Waals surface area (Å²) >= 11 is 0. The van der Waals surface area contributed by atoms with Crippen LogP contribution >= 0.6 is 0 Å². The number of hydrogen-bond acceptors (Lipinski definition) is 3. The zero-order valence-electron chi connectivity index (χ0n) is 17.6. The van der Waals surface area contributed by atoms with Gasteiger partial charge in [0.15, 0.2) is 0 Å². The summed E-state index contributed by atoms with van der Waals surface area (Å²) < 4.78 is 0. The predicted octanol–water partition coefficient (Wildman–Crippen LogP) is 4.96. The van der Waals surface area contributed by atoms with Crippen LogP contribution in [0.4, 0.5) is 0 Å². The summed E-state index contributed by atoms with van der Waals surface area (Å²) in [6, 6.07) is 0. The van der Waals surface area contributed by atoms with Gasteiger partial charge in [0.05, 0.1) is 5.41 Å². The number of ketones is 2. The SMILES string of the molecule is C[C@H](CCC(=O)O)[C@H]1CCC2=C3CC[C@@H]4CC(=O)CC[C@]4(C)[C@H]3CC(=O)[C@@]21C. The minimum Gasteiger partial charge on any atom is -0.481 e. The second kappa shape index (κ2) is 6.81. The van der Waals surface area contributed by atoms with Gasteiger partial charge in [-0.15, -0.1) is 0 Å². The first-order valence-corrected chi connectivity index (χ1v) is 11.2. The highest BCUT2D eigenvalue weighted by Gasteiger charge is 2.59. The Balaban J connectivity index is 1.66. The summed E-state index contributed by atoms with van der Waals surface area (Å²) in [6.45, 7) is 6.63. The molecule has 0 amide bonds. The van der Waals surface area contributed by atoms with E-state index in [-0.39, 0.29) is 23.7 Å². The first-order valence-electron chi connectivity index (χ1n) is 11.2. The lowest BCUT2D eigenvalue weighted by Gasteiger charge is -2.55. The van der Waals surface area contributed by atoms with E-state index < -0.39 is 11.4 Å². The average Bonchev–Trinajstić information content (AvgIpc) is 3.00. The summed E-state index contributed by atoms with van der Waals surface area (Å²) in [5.41, 5.74) is 2.65. The molecule has 0 aromatic carbocycles. The van der Waals surface area contributed by atoms with Gasteiger partial charge in [-0.25, -0.2) is 0 Å². The maximum atomic E-state index is 13.6. The highest BCUT2D eigenvalue weighted by molar-refractivity contribution is 5.91. The Bertz CT molecular complexity index is 750. The third kappa shape index (κ3) is 2.81. The zero-order valence-corrected chi connectivity index (χ0v) is 17.6. The van der Waals surface area contributed by atoms with Gasteiger partial charge in [0.1, 0.15) is 11.6 Å². The van der Waals surface area contributed by atoms with Crippen LogP contribution in [0.25, 0.3) is 0 Å². The third-order valence-electron chi connectivity index (χ3n) is 9.26. The molecule has 0 bridgehead atoms. The maximum absolute atomic E-state index is 13.6. The number of allylic oxidation sites excluding steroid dienone is 2. The molecule has 0 saturated heterocycles. The Morgan fingerprint density at radius 1 is 1.14 bits per heavy atom. The van der Waals surface area contributed by atoms with Gasteiger partial charge in [0.2, 0.25) is 0 Å². The second-order valence-corrected chi connectivity index (χ2v) is 10.4. The van der Waals surface area contributed by atoms with Crippen molar-refractivity contribution < 1.29 is 19.5 Å². The number of aliphatic carboxylic acids is 1. The minimum atomic E-state index is -0.748. The molecule has 4 nitrogen and oxygen atoms in total. The van der Waals surface area contributed by atoms with Crippen molar-refractivity contribution in [1.82, 2.24) is 0 Å². The van der Waals surface area contributed by atoms with Crippen LogP contribution in [0.15, 0.2) is 11.1 Å². The monoisotopic (exact) mass is 386 g/mol. The van der Waals surface area contributed by atoms with Crippen LogP contribution in [0.1, 0.15) is 85.0 Å². The minimum absolute atomic E-state index is 0.0957. The molecule has 6 atom stereocenters. The van der Waals surface area contributed by atoms with Crippen molar-refractivity contribution in [2.24, 2.45) is 34.5 Å². The smallest absolute Gasteiger partial charge is 0.303 e. The number of carbonyl (C=O) groups excluding carboxylic acids is 2. The number of rotatable bonds is 4. The van der Waals surface area contributed by atoms with E-state index >= 15 is 0 Å². The van der Waals surface area contributed by atoms with E-state index in [9.17, 15) is 14.4 Å². The quantitative estimate of drug-likeness (QED) is 0.693. The molecule has 154 valence electrons. The second-order valence-electron chi connectivity index (χ2n) is 10.4. The molecule has 0 aromatic heterocycles.